The molecule has 0 aromatic heterocycles. The second-order valence-corrected chi connectivity index (χ2v) is 22.3. The molecule has 59 heavy (non-hydrogen) atoms. The Morgan fingerprint density at radius 3 is 1.42 bits per heavy atom. The van der Waals surface area contributed by atoms with Crippen LogP contribution in [-0.2, 0) is 10.8 Å². The lowest BCUT2D eigenvalue weighted by Crippen LogP contribution is -2.17. The van der Waals surface area contributed by atoms with E-state index in [1.54, 1.807) is 0 Å². The summed E-state index contributed by atoms with van der Waals surface area (Å²) >= 11 is 0. The van der Waals surface area contributed by atoms with E-state index in [4.69, 9.17) is 0 Å². The van der Waals surface area contributed by atoms with E-state index < -0.39 is 10.0 Å². The van der Waals surface area contributed by atoms with E-state index in [-0.39, 0.29) is 10.8 Å². The molecule has 0 amide bonds. The first-order valence-electron chi connectivity index (χ1n) is 20.8. The molecule has 8 aromatic rings. The van der Waals surface area contributed by atoms with Crippen molar-refractivity contribution in [1.82, 2.24) is 0 Å². The fourth-order valence-corrected chi connectivity index (χ4v) is 10.7. The second-order valence-electron chi connectivity index (χ2n) is 18.2. The van der Waals surface area contributed by atoms with E-state index >= 15 is 0 Å². The summed E-state index contributed by atoms with van der Waals surface area (Å²) in [6, 6.07) is 68.0. The van der Waals surface area contributed by atoms with Gasteiger partial charge in [-0.3, -0.25) is 0 Å². The summed E-state index contributed by atoms with van der Waals surface area (Å²) in [4.78, 5) is 3.99. The van der Waals surface area contributed by atoms with Crippen LogP contribution in [0.5, 0.6) is 0 Å². The van der Waals surface area contributed by atoms with Gasteiger partial charge in [-0.25, -0.2) is 10.0 Å². The van der Waals surface area contributed by atoms with Crippen LogP contribution in [0.25, 0.3) is 55.6 Å². The van der Waals surface area contributed by atoms with Crippen LogP contribution in [0.15, 0.2) is 187 Å². The van der Waals surface area contributed by atoms with Crippen LogP contribution in [0.1, 0.15) is 49.9 Å². The summed E-state index contributed by atoms with van der Waals surface area (Å²) in [6.07, 6.45) is 7.20. The van der Waals surface area contributed by atoms with Gasteiger partial charge in [-0.15, -0.1) is 0 Å². The van der Waals surface area contributed by atoms with Crippen LogP contribution in [0.3, 0.4) is 0 Å². The molecule has 0 N–H and O–H groups in total. The molecule has 2 aliphatic carbocycles. The molecule has 10 rings (SSSR count). The molecule has 0 saturated carbocycles. The molecule has 290 valence electrons. The van der Waals surface area contributed by atoms with Crippen LogP contribution in [0, 0.1) is 0 Å². The number of nitrogens with zero attached hydrogens (tertiary/aromatic N) is 1. The van der Waals surface area contributed by atoms with Crippen LogP contribution >= 0.6 is 10.0 Å². The van der Waals surface area contributed by atoms with E-state index in [2.05, 4.69) is 233 Å². The Balaban J connectivity index is 1.22. The average molecular weight is 782 g/mol. The van der Waals surface area contributed by atoms with Crippen LogP contribution in [0.2, 0.25) is 0 Å². The maximum absolute atomic E-state index is 2.57. The van der Waals surface area contributed by atoms with Gasteiger partial charge >= 0.3 is 0 Å². The summed E-state index contributed by atoms with van der Waals surface area (Å²) in [5, 5.41) is 0. The molecule has 0 atom stereocenters. The van der Waals surface area contributed by atoms with Crippen molar-refractivity contribution in [1.29, 1.82) is 0 Å². The van der Waals surface area contributed by atoms with Crippen molar-refractivity contribution in [3.63, 3.8) is 0 Å². The van der Waals surface area contributed by atoms with Crippen molar-refractivity contribution in [3.8, 4) is 55.6 Å². The van der Waals surface area contributed by atoms with Crippen LogP contribution in [-0.4, -0.2) is 18.8 Å². The number of anilines is 3. The lowest BCUT2D eigenvalue weighted by molar-refractivity contribution is 0.651. The molecule has 0 saturated heterocycles. The molecule has 2 heteroatoms. The van der Waals surface area contributed by atoms with Crippen LogP contribution in [0.4, 0.5) is 17.1 Å². The molecule has 1 nitrogen and oxygen atoms in total. The van der Waals surface area contributed by atoms with Gasteiger partial charge in [0, 0.05) is 27.8 Å². The highest BCUT2D eigenvalue weighted by molar-refractivity contribution is 8.32. The van der Waals surface area contributed by atoms with Gasteiger partial charge in [0.2, 0.25) is 0 Å². The number of rotatable bonds is 7. The van der Waals surface area contributed by atoms with Gasteiger partial charge in [-0.05, 0) is 157 Å². The second kappa shape index (κ2) is 13.8. The monoisotopic (exact) mass is 781 g/mol. The number of hydrogen-bond donors (Lipinski definition) is 0. The van der Waals surface area contributed by atoms with Crippen molar-refractivity contribution in [2.45, 2.75) is 43.4 Å². The molecular formula is C57H51NS. The van der Waals surface area contributed by atoms with Crippen molar-refractivity contribution >= 4 is 27.1 Å². The zero-order valence-electron chi connectivity index (χ0n) is 35.2. The minimum Gasteiger partial charge on any atom is -0.310 e. The van der Waals surface area contributed by atoms with Gasteiger partial charge < -0.3 is 4.90 Å². The first-order valence-corrected chi connectivity index (χ1v) is 23.6. The van der Waals surface area contributed by atoms with Crippen molar-refractivity contribution < 1.29 is 0 Å². The van der Waals surface area contributed by atoms with Gasteiger partial charge in [0.05, 0.1) is 5.69 Å². The van der Waals surface area contributed by atoms with Gasteiger partial charge in [-0.1, -0.05) is 149 Å². The topological polar surface area (TPSA) is 3.24 Å². The largest absolute Gasteiger partial charge is 0.310 e. The van der Waals surface area contributed by atoms with E-state index in [0.29, 0.717) is 0 Å². The smallest absolute Gasteiger partial charge is 0.0543 e. The van der Waals surface area contributed by atoms with Crippen molar-refractivity contribution in [2.75, 3.05) is 23.7 Å². The molecule has 0 spiro atoms. The van der Waals surface area contributed by atoms with E-state index in [0.717, 1.165) is 11.4 Å². The minimum absolute atomic E-state index is 0.121. The number of fused-ring (bicyclic) bond motifs is 6. The Morgan fingerprint density at radius 2 is 0.847 bits per heavy atom. The zero-order chi connectivity index (χ0) is 40.7. The van der Waals surface area contributed by atoms with Crippen molar-refractivity contribution in [2.24, 2.45) is 0 Å². The molecule has 2 aliphatic rings. The molecule has 8 aromatic carbocycles. The zero-order valence-corrected chi connectivity index (χ0v) is 36.0. The summed E-state index contributed by atoms with van der Waals surface area (Å²) < 4.78 is 0. The molecule has 0 bridgehead atoms. The quantitative estimate of drug-likeness (QED) is 0.156. The molecule has 0 heterocycles. The van der Waals surface area contributed by atoms with Gasteiger partial charge in [0.25, 0.3) is 0 Å². The number of hydrogen-bond acceptors (Lipinski definition) is 1. The van der Waals surface area contributed by atoms with E-state index in [1.165, 1.54) is 88.5 Å². The third-order valence-corrected chi connectivity index (χ3v) is 14.7. The molecular weight excluding hydrogens is 731 g/mol. The molecule has 0 radical (unpaired) electrons. The Bertz CT molecular complexity index is 2820. The predicted molar refractivity (Wildman–Crippen MR) is 256 cm³/mol. The maximum Gasteiger partial charge on any atom is 0.0543 e. The fourth-order valence-electron chi connectivity index (χ4n) is 9.74. The average Bonchev–Trinajstić information content (AvgIpc) is 3.62. The lowest BCUT2D eigenvalue weighted by Gasteiger charge is -2.30. The normalized spacial score (nSPS) is 14.6. The summed E-state index contributed by atoms with van der Waals surface area (Å²) in [7, 11) is -0.864. The Hall–Kier alpha value is -6.09. The molecule has 0 unspecified atom stereocenters. The van der Waals surface area contributed by atoms with E-state index in [1.807, 2.05) is 0 Å². The standard InChI is InChI=1S/C57H51NS/c1-56(2)50-24-17-25-54(55(50)49-37-52-48(36-53(49)56)47-31-30-46(59(5,6)7)35-51(47)57(52,3)4)58(44-28-26-41(27-29-44)38-18-11-8-12-19-38)45-33-42(39-20-13-9-14-21-39)32-43(34-45)40-22-15-10-16-23-40/h8-37H,1-7H3. The highest BCUT2D eigenvalue weighted by Gasteiger charge is 2.43. The summed E-state index contributed by atoms with van der Waals surface area (Å²) in [5.41, 5.74) is 21.4. The van der Waals surface area contributed by atoms with Crippen molar-refractivity contribution in [3.05, 3.63) is 204 Å². The first kappa shape index (κ1) is 37.2. The van der Waals surface area contributed by atoms with Crippen LogP contribution < -0.4 is 4.90 Å². The predicted octanol–water partition coefficient (Wildman–Crippen LogP) is 15.8. The lowest BCUT2D eigenvalue weighted by atomic mass is 9.79. The molecule has 0 fully saturated rings. The highest BCUT2D eigenvalue weighted by atomic mass is 32.3. The Morgan fingerprint density at radius 1 is 0.356 bits per heavy atom. The third-order valence-electron chi connectivity index (χ3n) is 13.0. The van der Waals surface area contributed by atoms with Gasteiger partial charge in [0.15, 0.2) is 0 Å². The van der Waals surface area contributed by atoms with Gasteiger partial charge in [0.1, 0.15) is 0 Å². The molecule has 0 aliphatic heterocycles. The summed E-state index contributed by atoms with van der Waals surface area (Å²) in [5.74, 6) is 0. The van der Waals surface area contributed by atoms with E-state index in [9.17, 15) is 0 Å². The third kappa shape index (κ3) is 6.16. The minimum atomic E-state index is -0.864. The van der Waals surface area contributed by atoms with Gasteiger partial charge in [-0.2, -0.15) is 0 Å². The first-order chi connectivity index (χ1) is 28.4. The number of benzene rings is 8. The highest BCUT2D eigenvalue weighted by Crippen LogP contribution is 2.60. The fraction of sp³-hybridized carbons (Fsp3) is 0.158. The Labute approximate surface area is 352 Å². The maximum atomic E-state index is 2.57. The Kier molecular flexibility index (Phi) is 8.67. The summed E-state index contributed by atoms with van der Waals surface area (Å²) in [6.45, 7) is 9.70. The SMILES string of the molecule is CC1(C)c2cc(S(C)(C)C)ccc2-c2cc3c(cc21)-c1c(N(c2ccc(-c4ccccc4)cc2)c2cc(-c4ccccc4)cc(-c4ccccc4)c2)cccc1C3(C)C.